The molecule has 4 aromatic rings. The van der Waals surface area contributed by atoms with Crippen molar-refractivity contribution in [1.82, 2.24) is 9.29 Å². The number of thiazole rings is 1. The molecule has 4 heterocycles. The Balaban J connectivity index is 1.33. The van der Waals surface area contributed by atoms with Gasteiger partial charge in [0.15, 0.2) is 0 Å². The van der Waals surface area contributed by atoms with Crippen molar-refractivity contribution in [3.63, 3.8) is 0 Å². The summed E-state index contributed by atoms with van der Waals surface area (Å²) in [5.74, 6) is -0.523. The molecule has 160 valence electrons. The normalized spacial score (nSPS) is 17.7. The highest BCUT2D eigenvalue weighted by Gasteiger charge is 2.34. The number of hydrogen-bond donors (Lipinski definition) is 1. The summed E-state index contributed by atoms with van der Waals surface area (Å²) in [5.41, 5.74) is 1.84. The van der Waals surface area contributed by atoms with E-state index in [-0.39, 0.29) is 18.4 Å². The lowest BCUT2D eigenvalue weighted by Crippen LogP contribution is -2.43. The first-order chi connectivity index (χ1) is 15.0. The largest absolute Gasteiger partial charge is 0.317 e. The summed E-state index contributed by atoms with van der Waals surface area (Å²) in [6, 6.07) is 13.3. The molecule has 0 radical (unpaired) electrons. The second kappa shape index (κ2) is 8.44. The molecule has 1 atom stereocenters. The number of para-hydroxylation sites is 1. The highest BCUT2D eigenvalue weighted by Crippen LogP contribution is 2.38. The van der Waals surface area contributed by atoms with Gasteiger partial charge in [-0.1, -0.05) is 18.2 Å². The maximum Gasteiger partial charge on any atom is 0.252 e. The molecule has 1 aliphatic rings. The number of nitrogens with one attached hydrogen (secondary N) is 1. The van der Waals surface area contributed by atoms with Gasteiger partial charge in [-0.25, -0.2) is 13.4 Å². The Labute approximate surface area is 192 Å². The van der Waals surface area contributed by atoms with Crippen LogP contribution in [0.3, 0.4) is 0 Å². The fraction of sp³-hybridized carbons (Fsp3) is 0.238. The average molecular weight is 490 g/mol. The summed E-state index contributed by atoms with van der Waals surface area (Å²) in [7, 11) is -3.55. The van der Waals surface area contributed by atoms with Crippen molar-refractivity contribution in [1.29, 1.82) is 0 Å². The van der Waals surface area contributed by atoms with E-state index in [1.807, 2.05) is 35.7 Å². The molecule has 0 aliphatic carbocycles. The van der Waals surface area contributed by atoms with E-state index >= 15 is 0 Å². The summed E-state index contributed by atoms with van der Waals surface area (Å²) in [6.07, 6.45) is 1.34. The molecular formula is C21H19N3O3S4. The van der Waals surface area contributed by atoms with Gasteiger partial charge in [0, 0.05) is 18.7 Å². The molecular weight excluding hydrogens is 471 g/mol. The van der Waals surface area contributed by atoms with E-state index in [0.717, 1.165) is 25.8 Å². The van der Waals surface area contributed by atoms with Gasteiger partial charge in [0.05, 0.1) is 16.1 Å². The molecule has 1 aliphatic heterocycles. The monoisotopic (exact) mass is 489 g/mol. The fourth-order valence-corrected chi connectivity index (χ4v) is 8.21. The molecule has 0 bridgehead atoms. The standard InChI is InChI=1S/C21H19N3O3S4/c25-19(14-5-3-10-24(13-14)31(26,27)18-8-4-11-28-18)23-20-15(9-12-29-20)21-22-16-6-1-2-7-17(16)30-21/h1-2,4,6-9,11-12,14H,3,5,10,13H2,(H,23,25). The maximum absolute atomic E-state index is 13.0. The van der Waals surface area contributed by atoms with Crippen LogP contribution in [0.5, 0.6) is 0 Å². The van der Waals surface area contributed by atoms with Gasteiger partial charge >= 0.3 is 0 Å². The lowest BCUT2D eigenvalue weighted by Gasteiger charge is -2.30. The number of benzene rings is 1. The Hall–Kier alpha value is -2.11. The van der Waals surface area contributed by atoms with Crippen LogP contribution in [0.15, 0.2) is 57.4 Å². The summed E-state index contributed by atoms with van der Waals surface area (Å²) < 4.78 is 28.6. The van der Waals surface area contributed by atoms with E-state index in [4.69, 9.17) is 4.98 Å². The molecule has 0 saturated carbocycles. The van der Waals surface area contributed by atoms with Gasteiger partial charge in [-0.15, -0.1) is 34.0 Å². The van der Waals surface area contributed by atoms with E-state index in [2.05, 4.69) is 5.32 Å². The highest BCUT2D eigenvalue weighted by molar-refractivity contribution is 7.91. The number of amides is 1. The minimum atomic E-state index is -3.55. The number of rotatable bonds is 5. The smallest absolute Gasteiger partial charge is 0.252 e. The first-order valence-electron chi connectivity index (χ1n) is 9.80. The van der Waals surface area contributed by atoms with E-state index < -0.39 is 10.0 Å². The predicted molar refractivity (Wildman–Crippen MR) is 127 cm³/mol. The van der Waals surface area contributed by atoms with Crippen molar-refractivity contribution in [3.8, 4) is 10.6 Å². The Morgan fingerprint density at radius 2 is 1.97 bits per heavy atom. The molecule has 1 amide bonds. The zero-order valence-electron chi connectivity index (χ0n) is 16.4. The van der Waals surface area contributed by atoms with Crippen LogP contribution in [0.4, 0.5) is 5.00 Å². The second-order valence-electron chi connectivity index (χ2n) is 7.27. The molecule has 1 fully saturated rings. The molecule has 0 spiro atoms. The molecule has 10 heteroatoms. The van der Waals surface area contributed by atoms with E-state index in [1.54, 1.807) is 28.8 Å². The lowest BCUT2D eigenvalue weighted by molar-refractivity contribution is -0.120. The number of piperidine rings is 1. The van der Waals surface area contributed by atoms with E-state index in [0.29, 0.717) is 23.6 Å². The zero-order valence-corrected chi connectivity index (χ0v) is 19.6. The van der Waals surface area contributed by atoms with Crippen molar-refractivity contribution in [2.24, 2.45) is 5.92 Å². The van der Waals surface area contributed by atoms with Gasteiger partial charge in [-0.2, -0.15) is 4.31 Å². The SMILES string of the molecule is O=C(Nc1sccc1-c1nc2ccccc2s1)C1CCCN(S(=O)(=O)c2cccs2)C1. The van der Waals surface area contributed by atoms with E-state index in [1.165, 1.54) is 27.0 Å². The third-order valence-corrected chi connectivity index (χ3v) is 10.4. The third-order valence-electron chi connectivity index (χ3n) is 5.27. The zero-order chi connectivity index (χ0) is 21.4. The van der Waals surface area contributed by atoms with Crippen LogP contribution in [-0.4, -0.2) is 36.7 Å². The molecule has 31 heavy (non-hydrogen) atoms. The number of carbonyl (C=O) groups is 1. The number of aromatic nitrogens is 1. The molecule has 1 saturated heterocycles. The van der Waals surface area contributed by atoms with Crippen LogP contribution in [-0.2, 0) is 14.8 Å². The number of sulfonamides is 1. The van der Waals surface area contributed by atoms with Gasteiger partial charge in [-0.05, 0) is 47.9 Å². The molecule has 5 rings (SSSR count). The van der Waals surface area contributed by atoms with Crippen molar-refractivity contribution < 1.29 is 13.2 Å². The van der Waals surface area contributed by atoms with Crippen molar-refractivity contribution in [3.05, 3.63) is 53.2 Å². The third kappa shape index (κ3) is 4.06. The second-order valence-corrected chi connectivity index (χ2v) is 12.3. The number of nitrogens with zero attached hydrogens (tertiary/aromatic N) is 2. The Kier molecular flexibility index (Phi) is 5.65. The minimum absolute atomic E-state index is 0.143. The Morgan fingerprint density at radius 1 is 1.10 bits per heavy atom. The molecule has 1 aromatic carbocycles. The van der Waals surface area contributed by atoms with Gasteiger partial charge in [-0.3, -0.25) is 4.79 Å². The number of thiophene rings is 2. The van der Waals surface area contributed by atoms with Crippen molar-refractivity contribution >= 4 is 65.2 Å². The number of fused-ring (bicyclic) bond motifs is 1. The van der Waals surface area contributed by atoms with Crippen molar-refractivity contribution in [2.45, 2.75) is 17.1 Å². The molecule has 3 aromatic heterocycles. The maximum atomic E-state index is 13.0. The quantitative estimate of drug-likeness (QED) is 0.422. The van der Waals surface area contributed by atoms with Gasteiger partial charge < -0.3 is 5.32 Å². The van der Waals surface area contributed by atoms with Gasteiger partial charge in [0.25, 0.3) is 10.0 Å². The highest BCUT2D eigenvalue weighted by atomic mass is 32.2. The van der Waals surface area contributed by atoms with Gasteiger partial charge in [0.2, 0.25) is 5.91 Å². The van der Waals surface area contributed by atoms with Crippen LogP contribution >= 0.6 is 34.0 Å². The number of carbonyl (C=O) groups excluding carboxylic acids is 1. The molecule has 1 unspecified atom stereocenters. The van der Waals surface area contributed by atoms with E-state index in [9.17, 15) is 13.2 Å². The minimum Gasteiger partial charge on any atom is -0.317 e. The van der Waals surface area contributed by atoms with Crippen LogP contribution in [0, 0.1) is 5.92 Å². The van der Waals surface area contributed by atoms with Crippen LogP contribution in [0.25, 0.3) is 20.8 Å². The summed E-state index contributed by atoms with van der Waals surface area (Å²) in [5, 5.41) is 8.34. The van der Waals surface area contributed by atoms with Crippen molar-refractivity contribution in [2.75, 3.05) is 18.4 Å². The molecule has 6 nitrogen and oxygen atoms in total. The first-order valence-corrected chi connectivity index (χ1v) is 13.8. The van der Waals surface area contributed by atoms with Crippen LogP contribution in [0.2, 0.25) is 0 Å². The Bertz CT molecular complexity index is 1290. The summed E-state index contributed by atoms with van der Waals surface area (Å²) in [4.78, 5) is 17.7. The lowest BCUT2D eigenvalue weighted by atomic mass is 9.99. The molecule has 1 N–H and O–H groups in total. The van der Waals surface area contributed by atoms with Crippen LogP contribution < -0.4 is 5.32 Å². The summed E-state index contributed by atoms with van der Waals surface area (Å²) in [6.45, 7) is 0.647. The van der Waals surface area contributed by atoms with Crippen LogP contribution in [0.1, 0.15) is 12.8 Å². The van der Waals surface area contributed by atoms with Gasteiger partial charge in [0.1, 0.15) is 14.2 Å². The fourth-order valence-electron chi connectivity index (χ4n) is 3.69. The number of anilines is 1. The predicted octanol–water partition coefficient (Wildman–Crippen LogP) is 5.13. The summed E-state index contributed by atoms with van der Waals surface area (Å²) >= 11 is 4.25. The topological polar surface area (TPSA) is 79.4 Å². The Morgan fingerprint density at radius 3 is 2.77 bits per heavy atom. The first kappa shape index (κ1) is 20.8. The number of hydrogen-bond acceptors (Lipinski definition) is 7. The average Bonchev–Trinajstić information content (AvgIpc) is 3.53.